The second-order valence-corrected chi connectivity index (χ2v) is 5.93. The Morgan fingerprint density at radius 1 is 1.18 bits per heavy atom. The van der Waals surface area contributed by atoms with Crippen molar-refractivity contribution in [3.63, 3.8) is 0 Å². The summed E-state index contributed by atoms with van der Waals surface area (Å²) in [7, 11) is 0. The van der Waals surface area contributed by atoms with E-state index >= 15 is 0 Å². The van der Waals surface area contributed by atoms with Crippen LogP contribution in [0.1, 0.15) is 52.9 Å². The highest BCUT2D eigenvalue weighted by atomic mass is 16.1. The fraction of sp³-hybridized carbons (Fsp3) is 0.929. The van der Waals surface area contributed by atoms with Crippen LogP contribution < -0.4 is 11.1 Å². The molecule has 0 bridgehead atoms. The Morgan fingerprint density at radius 2 is 1.71 bits per heavy atom. The molecule has 0 saturated heterocycles. The Morgan fingerprint density at radius 3 is 2.18 bits per heavy atom. The maximum atomic E-state index is 11.8. The molecule has 17 heavy (non-hydrogen) atoms. The van der Waals surface area contributed by atoms with E-state index in [2.05, 4.69) is 26.1 Å². The molecule has 1 unspecified atom stereocenters. The van der Waals surface area contributed by atoms with Gasteiger partial charge in [0.05, 0.1) is 0 Å². The van der Waals surface area contributed by atoms with Crippen LogP contribution in [0.3, 0.4) is 0 Å². The third kappa shape index (κ3) is 5.07. The molecule has 3 nitrogen and oxygen atoms in total. The van der Waals surface area contributed by atoms with Crippen LogP contribution in [0, 0.1) is 17.8 Å². The summed E-state index contributed by atoms with van der Waals surface area (Å²) >= 11 is 0. The van der Waals surface area contributed by atoms with Gasteiger partial charge in [0.1, 0.15) is 0 Å². The summed E-state index contributed by atoms with van der Waals surface area (Å²) in [5, 5.41) is 3.09. The number of rotatable bonds is 5. The third-order valence-corrected chi connectivity index (χ3v) is 4.16. The van der Waals surface area contributed by atoms with E-state index < -0.39 is 0 Å². The maximum Gasteiger partial charge on any atom is 0.220 e. The Hall–Kier alpha value is -0.570. The lowest BCUT2D eigenvalue weighted by Crippen LogP contribution is -2.37. The van der Waals surface area contributed by atoms with Crippen molar-refractivity contribution >= 4 is 5.91 Å². The summed E-state index contributed by atoms with van der Waals surface area (Å²) in [6, 6.07) is 0.280. The molecule has 1 rings (SSSR count). The van der Waals surface area contributed by atoms with E-state index in [9.17, 15) is 4.79 Å². The molecule has 0 radical (unpaired) electrons. The Balaban J connectivity index is 2.23. The fourth-order valence-corrected chi connectivity index (χ4v) is 2.41. The predicted molar refractivity (Wildman–Crippen MR) is 71.6 cm³/mol. The highest BCUT2D eigenvalue weighted by Gasteiger charge is 2.22. The summed E-state index contributed by atoms with van der Waals surface area (Å²) in [5.74, 6) is 2.01. The molecule has 0 aliphatic heterocycles. The van der Waals surface area contributed by atoms with E-state index in [0.717, 1.165) is 6.54 Å². The molecule has 1 fully saturated rings. The van der Waals surface area contributed by atoms with Crippen LogP contribution in [0.4, 0.5) is 0 Å². The minimum Gasteiger partial charge on any atom is -0.353 e. The van der Waals surface area contributed by atoms with Crippen LogP contribution in [0.2, 0.25) is 0 Å². The van der Waals surface area contributed by atoms with Crippen molar-refractivity contribution in [2.75, 3.05) is 6.54 Å². The van der Waals surface area contributed by atoms with Gasteiger partial charge in [-0.05, 0) is 56.9 Å². The number of amides is 1. The van der Waals surface area contributed by atoms with Gasteiger partial charge in [0.15, 0.2) is 0 Å². The van der Waals surface area contributed by atoms with Gasteiger partial charge in [0.25, 0.3) is 0 Å². The van der Waals surface area contributed by atoms with E-state index in [-0.39, 0.29) is 11.9 Å². The van der Waals surface area contributed by atoms with E-state index in [4.69, 9.17) is 5.73 Å². The summed E-state index contributed by atoms with van der Waals surface area (Å²) in [5.41, 5.74) is 5.67. The van der Waals surface area contributed by atoms with Crippen LogP contribution in [-0.4, -0.2) is 18.5 Å². The number of hydrogen-bond acceptors (Lipinski definition) is 2. The van der Waals surface area contributed by atoms with Crippen LogP contribution in [0.15, 0.2) is 0 Å². The number of nitrogens with two attached hydrogens (primary N) is 1. The molecule has 0 heterocycles. The molecule has 1 saturated carbocycles. The normalized spacial score (nSPS) is 26.9. The van der Waals surface area contributed by atoms with E-state index in [1.807, 2.05) is 0 Å². The molecular formula is C14H28N2O. The average Bonchev–Trinajstić information content (AvgIpc) is 2.29. The van der Waals surface area contributed by atoms with Crippen molar-refractivity contribution in [1.82, 2.24) is 5.32 Å². The minimum atomic E-state index is 0.224. The Labute approximate surface area is 106 Å². The second kappa shape index (κ2) is 7.00. The monoisotopic (exact) mass is 240 g/mol. The highest BCUT2D eigenvalue weighted by molar-refractivity contribution is 5.76. The van der Waals surface area contributed by atoms with E-state index in [0.29, 0.717) is 24.2 Å². The second-order valence-electron chi connectivity index (χ2n) is 5.93. The molecule has 0 aromatic rings. The van der Waals surface area contributed by atoms with Crippen molar-refractivity contribution in [2.45, 2.75) is 58.9 Å². The molecule has 0 spiro atoms. The van der Waals surface area contributed by atoms with Crippen molar-refractivity contribution < 1.29 is 4.79 Å². The number of carbonyl (C=O) groups is 1. The lowest BCUT2D eigenvalue weighted by Gasteiger charge is -2.28. The molecular weight excluding hydrogens is 212 g/mol. The zero-order valence-corrected chi connectivity index (χ0v) is 11.5. The average molecular weight is 240 g/mol. The summed E-state index contributed by atoms with van der Waals surface area (Å²) in [6.07, 6.45) is 5.45. The van der Waals surface area contributed by atoms with Crippen LogP contribution in [-0.2, 0) is 4.79 Å². The number of nitrogens with one attached hydrogen (secondary N) is 1. The first-order valence-electron chi connectivity index (χ1n) is 7.02. The standard InChI is InChI=1S/C14H28N2O/c1-10(2)11(3)16-14(17)8-12-4-6-13(9-15)7-5-12/h10-13H,4-9,15H2,1-3H3,(H,16,17). The fourth-order valence-electron chi connectivity index (χ4n) is 2.41. The molecule has 3 N–H and O–H groups in total. The van der Waals surface area contributed by atoms with Crippen LogP contribution in [0.25, 0.3) is 0 Å². The first-order chi connectivity index (χ1) is 8.02. The van der Waals surface area contributed by atoms with Crippen molar-refractivity contribution in [1.29, 1.82) is 0 Å². The van der Waals surface area contributed by atoms with Crippen molar-refractivity contribution in [3.8, 4) is 0 Å². The van der Waals surface area contributed by atoms with Gasteiger partial charge in [-0.25, -0.2) is 0 Å². The van der Waals surface area contributed by atoms with Crippen LogP contribution in [0.5, 0.6) is 0 Å². The molecule has 1 amide bonds. The topological polar surface area (TPSA) is 55.1 Å². The Bertz CT molecular complexity index is 232. The van der Waals surface area contributed by atoms with Gasteiger partial charge in [-0.1, -0.05) is 13.8 Å². The lowest BCUT2D eigenvalue weighted by atomic mass is 9.80. The zero-order chi connectivity index (χ0) is 12.8. The quantitative estimate of drug-likeness (QED) is 0.774. The van der Waals surface area contributed by atoms with Gasteiger partial charge < -0.3 is 11.1 Å². The van der Waals surface area contributed by atoms with Crippen LogP contribution >= 0.6 is 0 Å². The van der Waals surface area contributed by atoms with Crippen molar-refractivity contribution in [2.24, 2.45) is 23.5 Å². The van der Waals surface area contributed by atoms with Crippen molar-refractivity contribution in [3.05, 3.63) is 0 Å². The molecule has 1 atom stereocenters. The van der Waals surface area contributed by atoms with Gasteiger partial charge in [0, 0.05) is 12.5 Å². The Kier molecular flexibility index (Phi) is 5.96. The zero-order valence-electron chi connectivity index (χ0n) is 11.5. The van der Waals surface area contributed by atoms with Gasteiger partial charge >= 0.3 is 0 Å². The van der Waals surface area contributed by atoms with E-state index in [1.165, 1.54) is 25.7 Å². The number of hydrogen-bond donors (Lipinski definition) is 2. The minimum absolute atomic E-state index is 0.224. The van der Waals surface area contributed by atoms with Gasteiger partial charge in [-0.3, -0.25) is 4.79 Å². The molecule has 0 aromatic carbocycles. The molecule has 100 valence electrons. The molecule has 0 aromatic heterocycles. The predicted octanol–water partition coefficient (Wildman–Crippen LogP) is 2.30. The van der Waals surface area contributed by atoms with Gasteiger partial charge in [-0.2, -0.15) is 0 Å². The maximum absolute atomic E-state index is 11.8. The largest absolute Gasteiger partial charge is 0.353 e. The molecule has 1 aliphatic rings. The smallest absolute Gasteiger partial charge is 0.220 e. The SMILES string of the molecule is CC(C)C(C)NC(=O)CC1CCC(CN)CC1. The van der Waals surface area contributed by atoms with Gasteiger partial charge in [0.2, 0.25) is 5.91 Å². The lowest BCUT2D eigenvalue weighted by molar-refractivity contribution is -0.123. The third-order valence-electron chi connectivity index (χ3n) is 4.16. The molecule has 1 aliphatic carbocycles. The number of carbonyl (C=O) groups excluding carboxylic acids is 1. The first-order valence-corrected chi connectivity index (χ1v) is 7.02. The van der Waals surface area contributed by atoms with E-state index in [1.54, 1.807) is 0 Å². The highest BCUT2D eigenvalue weighted by Crippen LogP contribution is 2.30. The van der Waals surface area contributed by atoms with Gasteiger partial charge in [-0.15, -0.1) is 0 Å². The summed E-state index contributed by atoms with van der Waals surface area (Å²) in [6.45, 7) is 7.16. The summed E-state index contributed by atoms with van der Waals surface area (Å²) in [4.78, 5) is 11.8. The molecule has 3 heteroatoms. The summed E-state index contributed by atoms with van der Waals surface area (Å²) < 4.78 is 0. The first kappa shape index (κ1) is 14.5.